The van der Waals surface area contributed by atoms with Gasteiger partial charge in [0.1, 0.15) is 11.1 Å². The van der Waals surface area contributed by atoms with E-state index in [1.165, 1.54) is 6.20 Å². The van der Waals surface area contributed by atoms with Gasteiger partial charge in [0.2, 0.25) is 0 Å². The van der Waals surface area contributed by atoms with Gasteiger partial charge in [-0.2, -0.15) is 5.10 Å². The lowest BCUT2D eigenvalue weighted by molar-refractivity contribution is 0.0528. The Bertz CT molecular complexity index is 1060. The predicted octanol–water partition coefficient (Wildman–Crippen LogP) is 3.80. The number of nitrogens with one attached hydrogen (secondary N) is 1. The Morgan fingerprint density at radius 1 is 1.12 bits per heavy atom. The number of carbonyl (C=O) groups excluding carboxylic acids is 1. The summed E-state index contributed by atoms with van der Waals surface area (Å²) in [4.78, 5) is 17.0. The molecule has 4 rings (SSSR count). The minimum Gasteiger partial charge on any atom is -0.462 e. The lowest BCUT2D eigenvalue weighted by atomic mass is 10.2. The van der Waals surface area contributed by atoms with Gasteiger partial charge in [0, 0.05) is 5.69 Å². The Labute approximate surface area is 144 Å². The highest BCUT2D eigenvalue weighted by Gasteiger charge is 2.20. The molecule has 0 aliphatic carbocycles. The summed E-state index contributed by atoms with van der Waals surface area (Å²) < 4.78 is 6.89. The van der Waals surface area contributed by atoms with E-state index in [1.54, 1.807) is 11.4 Å². The molecule has 25 heavy (non-hydrogen) atoms. The molecule has 2 aromatic heterocycles. The Balaban J connectivity index is 1.97. The number of rotatable bonds is 4. The van der Waals surface area contributed by atoms with Gasteiger partial charge in [0.25, 0.3) is 0 Å². The number of hydrogen-bond donors (Lipinski definition) is 1. The van der Waals surface area contributed by atoms with Crippen molar-refractivity contribution in [3.8, 4) is 0 Å². The smallest absolute Gasteiger partial charge is 0.342 e. The van der Waals surface area contributed by atoms with E-state index in [0.717, 1.165) is 16.7 Å². The average molecular weight is 332 g/mol. The van der Waals surface area contributed by atoms with Crippen LogP contribution in [0.2, 0.25) is 0 Å². The SMILES string of the molecule is CCOC(=O)c1cnn2c1c(Nc1ccccc1)nc1ccccc12. The molecule has 0 aliphatic rings. The van der Waals surface area contributed by atoms with Gasteiger partial charge in [-0.3, -0.25) is 0 Å². The van der Waals surface area contributed by atoms with E-state index in [4.69, 9.17) is 9.72 Å². The molecule has 0 radical (unpaired) electrons. The van der Waals surface area contributed by atoms with Gasteiger partial charge in [-0.15, -0.1) is 0 Å². The zero-order valence-electron chi connectivity index (χ0n) is 13.6. The summed E-state index contributed by atoms with van der Waals surface area (Å²) in [5.41, 5.74) is 3.47. The molecular weight excluding hydrogens is 316 g/mol. The van der Waals surface area contributed by atoms with Crippen molar-refractivity contribution in [3.05, 3.63) is 66.4 Å². The molecule has 124 valence electrons. The van der Waals surface area contributed by atoms with Crippen LogP contribution in [0.1, 0.15) is 17.3 Å². The van der Waals surface area contributed by atoms with Gasteiger partial charge >= 0.3 is 5.97 Å². The summed E-state index contributed by atoms with van der Waals surface area (Å²) in [5, 5.41) is 7.67. The highest BCUT2D eigenvalue weighted by Crippen LogP contribution is 2.27. The number of anilines is 2. The molecular formula is C19H16N4O2. The monoisotopic (exact) mass is 332 g/mol. The number of fused-ring (bicyclic) bond motifs is 3. The number of esters is 1. The van der Waals surface area contributed by atoms with Crippen LogP contribution in [0.15, 0.2) is 60.8 Å². The molecule has 0 saturated heterocycles. The van der Waals surface area contributed by atoms with Gasteiger partial charge in [0.15, 0.2) is 5.82 Å². The molecule has 6 heteroatoms. The van der Waals surface area contributed by atoms with E-state index in [2.05, 4.69) is 10.4 Å². The molecule has 6 nitrogen and oxygen atoms in total. The molecule has 0 atom stereocenters. The van der Waals surface area contributed by atoms with E-state index >= 15 is 0 Å². The lowest BCUT2D eigenvalue weighted by Gasteiger charge is -2.11. The number of ether oxygens (including phenoxy) is 1. The van der Waals surface area contributed by atoms with E-state index in [1.807, 2.05) is 54.6 Å². The number of aromatic nitrogens is 3. The van der Waals surface area contributed by atoms with Crippen LogP contribution >= 0.6 is 0 Å². The van der Waals surface area contributed by atoms with Crippen molar-refractivity contribution in [2.75, 3.05) is 11.9 Å². The largest absolute Gasteiger partial charge is 0.462 e. The maximum Gasteiger partial charge on any atom is 0.342 e. The molecule has 0 amide bonds. The van der Waals surface area contributed by atoms with Gasteiger partial charge < -0.3 is 10.1 Å². The van der Waals surface area contributed by atoms with Crippen molar-refractivity contribution in [2.24, 2.45) is 0 Å². The third kappa shape index (κ3) is 2.67. The Morgan fingerprint density at radius 3 is 2.68 bits per heavy atom. The van der Waals surface area contributed by atoms with Crippen molar-refractivity contribution in [1.82, 2.24) is 14.6 Å². The Kier molecular flexibility index (Phi) is 3.78. The summed E-state index contributed by atoms with van der Waals surface area (Å²) in [6.45, 7) is 2.08. The molecule has 0 spiro atoms. The molecule has 0 unspecified atom stereocenters. The molecule has 4 aromatic rings. The van der Waals surface area contributed by atoms with Crippen LogP contribution in [-0.4, -0.2) is 27.2 Å². The third-order valence-electron chi connectivity index (χ3n) is 3.87. The Hall–Kier alpha value is -3.41. The predicted molar refractivity (Wildman–Crippen MR) is 96.2 cm³/mol. The Morgan fingerprint density at radius 2 is 1.88 bits per heavy atom. The number of para-hydroxylation sites is 3. The zero-order valence-corrected chi connectivity index (χ0v) is 13.6. The van der Waals surface area contributed by atoms with Gasteiger partial charge in [0.05, 0.1) is 23.8 Å². The highest BCUT2D eigenvalue weighted by molar-refractivity contribution is 6.02. The van der Waals surface area contributed by atoms with Crippen molar-refractivity contribution in [3.63, 3.8) is 0 Å². The van der Waals surface area contributed by atoms with Crippen LogP contribution in [-0.2, 0) is 4.74 Å². The van der Waals surface area contributed by atoms with Gasteiger partial charge in [-0.25, -0.2) is 14.3 Å². The molecule has 2 aromatic carbocycles. The first-order valence-corrected chi connectivity index (χ1v) is 8.03. The van der Waals surface area contributed by atoms with Crippen LogP contribution in [0, 0.1) is 0 Å². The second-order valence-electron chi connectivity index (χ2n) is 5.48. The number of hydrogen-bond acceptors (Lipinski definition) is 5. The summed E-state index contributed by atoms with van der Waals surface area (Å²) >= 11 is 0. The normalized spacial score (nSPS) is 10.9. The molecule has 0 saturated carbocycles. The first-order valence-electron chi connectivity index (χ1n) is 8.03. The topological polar surface area (TPSA) is 68.5 Å². The highest BCUT2D eigenvalue weighted by atomic mass is 16.5. The number of carbonyl (C=O) groups is 1. The quantitative estimate of drug-likeness (QED) is 0.576. The van der Waals surface area contributed by atoms with E-state index in [9.17, 15) is 4.79 Å². The van der Waals surface area contributed by atoms with Gasteiger partial charge in [-0.1, -0.05) is 30.3 Å². The number of benzene rings is 2. The van der Waals surface area contributed by atoms with E-state index in [-0.39, 0.29) is 0 Å². The van der Waals surface area contributed by atoms with Crippen molar-refractivity contribution in [2.45, 2.75) is 6.92 Å². The fourth-order valence-electron chi connectivity index (χ4n) is 2.77. The summed E-state index contributed by atoms with van der Waals surface area (Å²) in [6.07, 6.45) is 1.53. The fraction of sp³-hybridized carbons (Fsp3) is 0.105. The fourth-order valence-corrected chi connectivity index (χ4v) is 2.77. The third-order valence-corrected chi connectivity index (χ3v) is 3.87. The molecule has 1 N–H and O–H groups in total. The first kappa shape index (κ1) is 15.1. The summed E-state index contributed by atoms with van der Waals surface area (Å²) in [5.74, 6) is 0.149. The maximum absolute atomic E-state index is 12.3. The van der Waals surface area contributed by atoms with Crippen LogP contribution in [0.5, 0.6) is 0 Å². The molecule has 0 fully saturated rings. The first-order chi connectivity index (χ1) is 12.3. The van der Waals surface area contributed by atoms with Crippen molar-refractivity contribution in [1.29, 1.82) is 0 Å². The average Bonchev–Trinajstić information content (AvgIpc) is 3.09. The molecule has 0 bridgehead atoms. The lowest BCUT2D eigenvalue weighted by Crippen LogP contribution is -2.07. The second-order valence-corrected chi connectivity index (χ2v) is 5.48. The summed E-state index contributed by atoms with van der Waals surface area (Å²) in [7, 11) is 0. The van der Waals surface area contributed by atoms with Crippen LogP contribution in [0.4, 0.5) is 11.5 Å². The van der Waals surface area contributed by atoms with Gasteiger partial charge in [-0.05, 0) is 31.2 Å². The molecule has 2 heterocycles. The second kappa shape index (κ2) is 6.24. The van der Waals surface area contributed by atoms with E-state index < -0.39 is 5.97 Å². The minimum absolute atomic E-state index is 0.304. The van der Waals surface area contributed by atoms with E-state index in [0.29, 0.717) is 23.5 Å². The summed E-state index contributed by atoms with van der Waals surface area (Å²) in [6, 6.07) is 17.4. The standard InChI is InChI=1S/C19H16N4O2/c1-2-25-19(24)14-12-20-23-16-11-7-6-10-15(16)22-18(17(14)23)21-13-8-4-3-5-9-13/h3-12H,2H2,1H3,(H,21,22). The maximum atomic E-state index is 12.3. The van der Waals surface area contributed by atoms with Crippen molar-refractivity contribution >= 4 is 34.0 Å². The van der Waals surface area contributed by atoms with Crippen molar-refractivity contribution < 1.29 is 9.53 Å². The van der Waals surface area contributed by atoms with Crippen LogP contribution in [0.3, 0.4) is 0 Å². The number of nitrogens with zero attached hydrogens (tertiary/aromatic N) is 3. The zero-order chi connectivity index (χ0) is 17.2. The molecule has 0 aliphatic heterocycles. The van der Waals surface area contributed by atoms with Crippen LogP contribution < -0.4 is 5.32 Å². The minimum atomic E-state index is -0.411. The van der Waals surface area contributed by atoms with Crippen LogP contribution in [0.25, 0.3) is 16.6 Å².